The molecule has 0 spiro atoms. The molecule has 6 rings (SSSR count). The number of fused-ring (bicyclic) bond motifs is 3. The van der Waals surface area contributed by atoms with Gasteiger partial charge in [-0.25, -0.2) is 4.57 Å². The van der Waals surface area contributed by atoms with Crippen LogP contribution in [0.25, 0.3) is 32.8 Å². The summed E-state index contributed by atoms with van der Waals surface area (Å²) in [6.07, 6.45) is 7.51. The van der Waals surface area contributed by atoms with E-state index in [2.05, 4.69) is 75.0 Å². The Bertz CT molecular complexity index is 1360. The first-order chi connectivity index (χ1) is 14.5. The summed E-state index contributed by atoms with van der Waals surface area (Å²) >= 11 is 0. The molecule has 1 aromatic heterocycles. The fourth-order valence-corrected chi connectivity index (χ4v) is 5.80. The summed E-state index contributed by atoms with van der Waals surface area (Å²) in [5, 5.41) is 5.18. The zero-order valence-corrected chi connectivity index (χ0v) is 18.3. The fourth-order valence-electron chi connectivity index (χ4n) is 5.80. The van der Waals surface area contributed by atoms with Crippen LogP contribution >= 0.6 is 0 Å². The number of ether oxygens (including phenoxy) is 1. The Kier molecular flexibility index (Phi) is 3.78. The molecule has 2 aliphatic rings. The molecule has 2 heterocycles. The van der Waals surface area contributed by atoms with Crippen LogP contribution in [0.15, 0.2) is 42.6 Å². The number of nitrogens with zero attached hydrogens (tertiary/aromatic N) is 1. The molecule has 2 heteroatoms. The number of hydrogen-bond acceptors (Lipinski definition) is 1. The average Bonchev–Trinajstić information content (AvgIpc) is 3.28. The Balaban J connectivity index is 1.72. The highest BCUT2D eigenvalue weighted by atomic mass is 16.5. The van der Waals surface area contributed by atoms with Crippen molar-refractivity contribution >= 4 is 21.5 Å². The number of aryl methyl sites for hydroxylation is 4. The van der Waals surface area contributed by atoms with Gasteiger partial charge in [-0.1, -0.05) is 42.7 Å². The Hall–Kier alpha value is -2.87. The number of aromatic nitrogens is 1. The highest BCUT2D eigenvalue weighted by Crippen LogP contribution is 2.51. The Morgan fingerprint density at radius 2 is 1.70 bits per heavy atom. The van der Waals surface area contributed by atoms with E-state index in [-0.39, 0.29) is 0 Å². The van der Waals surface area contributed by atoms with E-state index in [1.165, 1.54) is 80.7 Å². The minimum atomic E-state index is 0.676. The normalized spacial score (nSPS) is 15.6. The summed E-state index contributed by atoms with van der Waals surface area (Å²) in [6.45, 7) is 6.63. The minimum Gasteiger partial charge on any atom is -0.455 e. The Morgan fingerprint density at radius 1 is 0.900 bits per heavy atom. The molecule has 4 aromatic rings. The molecule has 1 saturated carbocycles. The van der Waals surface area contributed by atoms with Crippen LogP contribution in [0.4, 0.5) is 0 Å². The second-order valence-electron chi connectivity index (χ2n) is 9.35. The zero-order valence-electron chi connectivity index (χ0n) is 18.3. The number of benzene rings is 3. The standard InChI is InChI=1S/C28H28NO/c1-16-9-10-22-18(3)28-25(17(2)23(22)13-16)27-26-20(11-12-29(27)4)14-21(15-24(26)30-28)19-7-5-6-8-19/h9-15,19H,5-8H2,1-4H3/q+1. The maximum atomic E-state index is 6.74. The molecule has 1 aliphatic carbocycles. The summed E-state index contributed by atoms with van der Waals surface area (Å²) in [7, 11) is 2.16. The van der Waals surface area contributed by atoms with Gasteiger partial charge in [0.1, 0.15) is 18.5 Å². The predicted octanol–water partition coefficient (Wildman–Crippen LogP) is 7.17. The lowest BCUT2D eigenvalue weighted by Gasteiger charge is -2.25. The highest BCUT2D eigenvalue weighted by Gasteiger charge is 2.32. The van der Waals surface area contributed by atoms with Gasteiger partial charge < -0.3 is 4.74 Å². The van der Waals surface area contributed by atoms with E-state index < -0.39 is 0 Å². The molecule has 0 atom stereocenters. The lowest BCUT2D eigenvalue weighted by molar-refractivity contribution is -0.659. The van der Waals surface area contributed by atoms with Crippen molar-refractivity contribution < 1.29 is 9.30 Å². The van der Waals surface area contributed by atoms with Gasteiger partial charge in [0.15, 0.2) is 6.20 Å². The van der Waals surface area contributed by atoms with Crippen LogP contribution in [-0.2, 0) is 7.05 Å². The van der Waals surface area contributed by atoms with Crippen LogP contribution in [0.5, 0.6) is 11.5 Å². The van der Waals surface area contributed by atoms with E-state index in [0.29, 0.717) is 5.92 Å². The van der Waals surface area contributed by atoms with Gasteiger partial charge in [-0.3, -0.25) is 0 Å². The topological polar surface area (TPSA) is 13.1 Å². The van der Waals surface area contributed by atoms with E-state index in [1.807, 2.05) is 0 Å². The molecule has 30 heavy (non-hydrogen) atoms. The molecule has 0 unspecified atom stereocenters. The maximum absolute atomic E-state index is 6.74. The SMILES string of the molecule is Cc1ccc2c(C)c3c(c(C)c2c1)-c1c2c(cc(C4CCCC4)cc2cc[n+]1C)O3. The van der Waals surface area contributed by atoms with E-state index >= 15 is 0 Å². The first-order valence-electron chi connectivity index (χ1n) is 11.2. The molecule has 150 valence electrons. The van der Waals surface area contributed by atoms with E-state index in [0.717, 1.165) is 11.5 Å². The first-order valence-corrected chi connectivity index (χ1v) is 11.2. The van der Waals surface area contributed by atoms with Crippen LogP contribution in [0, 0.1) is 20.8 Å². The molecule has 0 saturated heterocycles. The zero-order chi connectivity index (χ0) is 20.6. The van der Waals surface area contributed by atoms with Gasteiger partial charge in [-0.2, -0.15) is 0 Å². The van der Waals surface area contributed by atoms with Crippen molar-refractivity contribution in [1.82, 2.24) is 0 Å². The van der Waals surface area contributed by atoms with Crippen molar-refractivity contribution in [3.8, 4) is 22.8 Å². The first kappa shape index (κ1) is 17.9. The van der Waals surface area contributed by atoms with Gasteiger partial charge in [-0.05, 0) is 72.9 Å². The van der Waals surface area contributed by atoms with Crippen LogP contribution in [0.1, 0.15) is 53.9 Å². The highest BCUT2D eigenvalue weighted by molar-refractivity contribution is 6.06. The number of pyridine rings is 1. The average molecular weight is 395 g/mol. The summed E-state index contributed by atoms with van der Waals surface area (Å²) in [5.41, 5.74) is 7.82. The second kappa shape index (κ2) is 6.31. The summed E-state index contributed by atoms with van der Waals surface area (Å²) in [6, 6.07) is 13.8. The lowest BCUT2D eigenvalue weighted by Crippen LogP contribution is -2.32. The summed E-state index contributed by atoms with van der Waals surface area (Å²) in [4.78, 5) is 0. The molecule has 2 nitrogen and oxygen atoms in total. The third-order valence-corrected chi connectivity index (χ3v) is 7.42. The van der Waals surface area contributed by atoms with Crippen molar-refractivity contribution in [2.24, 2.45) is 7.05 Å². The molecule has 0 N–H and O–H groups in total. The number of hydrogen-bond donors (Lipinski definition) is 0. The van der Waals surface area contributed by atoms with E-state index in [9.17, 15) is 0 Å². The van der Waals surface area contributed by atoms with Crippen LogP contribution in [0.3, 0.4) is 0 Å². The third-order valence-electron chi connectivity index (χ3n) is 7.42. The van der Waals surface area contributed by atoms with Gasteiger partial charge in [0.25, 0.3) is 0 Å². The number of rotatable bonds is 1. The molecular formula is C28H28NO+. The third kappa shape index (κ3) is 2.40. The van der Waals surface area contributed by atoms with Gasteiger partial charge in [0.2, 0.25) is 5.69 Å². The maximum Gasteiger partial charge on any atom is 0.228 e. The largest absolute Gasteiger partial charge is 0.455 e. The van der Waals surface area contributed by atoms with Gasteiger partial charge in [0, 0.05) is 11.6 Å². The monoisotopic (exact) mass is 394 g/mol. The van der Waals surface area contributed by atoms with Crippen LogP contribution < -0.4 is 9.30 Å². The lowest BCUT2D eigenvalue weighted by atomic mass is 9.87. The van der Waals surface area contributed by atoms with Crippen molar-refractivity contribution in [1.29, 1.82) is 0 Å². The minimum absolute atomic E-state index is 0.676. The van der Waals surface area contributed by atoms with Crippen molar-refractivity contribution in [3.63, 3.8) is 0 Å². The quantitative estimate of drug-likeness (QED) is 0.275. The molecule has 3 aromatic carbocycles. The molecule has 1 aliphatic heterocycles. The van der Waals surface area contributed by atoms with Crippen molar-refractivity contribution in [2.75, 3.05) is 0 Å². The van der Waals surface area contributed by atoms with Crippen LogP contribution in [0.2, 0.25) is 0 Å². The smallest absolute Gasteiger partial charge is 0.228 e. The molecule has 1 fully saturated rings. The Morgan fingerprint density at radius 3 is 2.50 bits per heavy atom. The van der Waals surface area contributed by atoms with Crippen molar-refractivity contribution in [2.45, 2.75) is 52.4 Å². The van der Waals surface area contributed by atoms with E-state index in [4.69, 9.17) is 4.74 Å². The summed E-state index contributed by atoms with van der Waals surface area (Å²) < 4.78 is 9.02. The predicted molar refractivity (Wildman–Crippen MR) is 124 cm³/mol. The molecule has 0 bridgehead atoms. The summed E-state index contributed by atoms with van der Waals surface area (Å²) in [5.74, 6) is 2.74. The van der Waals surface area contributed by atoms with Gasteiger partial charge in [-0.15, -0.1) is 0 Å². The van der Waals surface area contributed by atoms with Crippen molar-refractivity contribution in [3.05, 3.63) is 64.8 Å². The van der Waals surface area contributed by atoms with Gasteiger partial charge >= 0.3 is 0 Å². The van der Waals surface area contributed by atoms with Crippen LogP contribution in [-0.4, -0.2) is 0 Å². The van der Waals surface area contributed by atoms with E-state index in [1.54, 1.807) is 0 Å². The molecular weight excluding hydrogens is 366 g/mol. The second-order valence-corrected chi connectivity index (χ2v) is 9.35. The fraction of sp³-hybridized carbons (Fsp3) is 0.321. The Labute approximate surface area is 178 Å². The van der Waals surface area contributed by atoms with Gasteiger partial charge in [0.05, 0.1) is 10.9 Å². The molecule has 0 radical (unpaired) electrons. The molecule has 0 amide bonds.